The Kier molecular flexibility index (Phi) is 5.06. The van der Waals surface area contributed by atoms with E-state index < -0.39 is 17.7 Å². The van der Waals surface area contributed by atoms with E-state index in [1.807, 2.05) is 0 Å². The van der Waals surface area contributed by atoms with E-state index in [1.54, 1.807) is 0 Å². The monoisotopic (exact) mass is 283 g/mol. The largest absolute Gasteiger partial charge is 0.391 e. The summed E-state index contributed by atoms with van der Waals surface area (Å²) < 4.78 is 25.8. The van der Waals surface area contributed by atoms with Crippen molar-refractivity contribution in [1.82, 2.24) is 5.32 Å². The highest BCUT2D eigenvalue weighted by Crippen LogP contribution is 2.27. The molecule has 0 radical (unpaired) electrons. The Bertz CT molecular complexity index is 473. The van der Waals surface area contributed by atoms with Gasteiger partial charge in [0.1, 0.15) is 0 Å². The number of rotatable bonds is 5. The summed E-state index contributed by atoms with van der Waals surface area (Å²) in [5, 5.41) is 12.6. The summed E-state index contributed by atoms with van der Waals surface area (Å²) in [4.78, 5) is 11.7. The third-order valence-electron chi connectivity index (χ3n) is 3.80. The molecule has 0 saturated heterocycles. The minimum absolute atomic E-state index is 0.0193. The molecule has 1 aromatic rings. The summed E-state index contributed by atoms with van der Waals surface area (Å²) in [7, 11) is 0. The fourth-order valence-corrected chi connectivity index (χ4v) is 2.62. The lowest BCUT2D eigenvalue weighted by Crippen LogP contribution is -2.36. The lowest BCUT2D eigenvalue weighted by molar-refractivity contribution is -0.121. The van der Waals surface area contributed by atoms with Crippen LogP contribution in [0.1, 0.15) is 31.2 Å². The first kappa shape index (κ1) is 14.9. The zero-order chi connectivity index (χ0) is 14.5. The Morgan fingerprint density at radius 2 is 2.00 bits per heavy atom. The van der Waals surface area contributed by atoms with Gasteiger partial charge in [-0.2, -0.15) is 0 Å². The molecule has 3 nitrogen and oxygen atoms in total. The molecule has 1 amide bonds. The van der Waals surface area contributed by atoms with E-state index in [1.165, 1.54) is 6.07 Å². The molecule has 2 rings (SSSR count). The first-order chi connectivity index (χ1) is 9.56. The molecule has 0 spiro atoms. The summed E-state index contributed by atoms with van der Waals surface area (Å²) in [6, 6.07) is 3.40. The number of hydrogen-bond acceptors (Lipinski definition) is 2. The van der Waals surface area contributed by atoms with Crippen LogP contribution >= 0.6 is 0 Å². The van der Waals surface area contributed by atoms with Crippen molar-refractivity contribution in [2.75, 3.05) is 6.54 Å². The van der Waals surface area contributed by atoms with Crippen LogP contribution in [0.3, 0.4) is 0 Å². The molecule has 110 valence electrons. The first-order valence-corrected chi connectivity index (χ1v) is 6.95. The van der Waals surface area contributed by atoms with Crippen LogP contribution in [0.15, 0.2) is 18.2 Å². The van der Waals surface area contributed by atoms with E-state index in [-0.39, 0.29) is 24.8 Å². The van der Waals surface area contributed by atoms with Gasteiger partial charge in [-0.1, -0.05) is 18.9 Å². The van der Waals surface area contributed by atoms with Crippen LogP contribution in [-0.4, -0.2) is 23.7 Å². The van der Waals surface area contributed by atoms with Crippen molar-refractivity contribution < 1.29 is 18.7 Å². The first-order valence-electron chi connectivity index (χ1n) is 6.95. The van der Waals surface area contributed by atoms with Crippen LogP contribution in [0.2, 0.25) is 0 Å². The number of benzene rings is 1. The van der Waals surface area contributed by atoms with E-state index in [4.69, 9.17) is 0 Å². The normalized spacial score (nSPS) is 17.1. The molecule has 0 bridgehead atoms. The molecular weight excluding hydrogens is 264 g/mol. The van der Waals surface area contributed by atoms with Gasteiger partial charge >= 0.3 is 0 Å². The average molecular weight is 283 g/mol. The SMILES string of the molecule is O=C(Cc1ccc(F)c(F)c1)NCC(O)C1CCCC1. The van der Waals surface area contributed by atoms with Crippen molar-refractivity contribution >= 4 is 5.91 Å². The van der Waals surface area contributed by atoms with Crippen LogP contribution in [0.5, 0.6) is 0 Å². The zero-order valence-corrected chi connectivity index (χ0v) is 11.2. The second kappa shape index (κ2) is 6.79. The smallest absolute Gasteiger partial charge is 0.224 e. The highest BCUT2D eigenvalue weighted by Gasteiger charge is 2.23. The predicted octanol–water partition coefficient (Wildman–Crippen LogP) is 2.17. The fraction of sp³-hybridized carbons (Fsp3) is 0.533. The number of aliphatic hydroxyl groups is 1. The van der Waals surface area contributed by atoms with E-state index in [2.05, 4.69) is 5.32 Å². The van der Waals surface area contributed by atoms with Crippen molar-refractivity contribution in [3.05, 3.63) is 35.4 Å². The molecule has 1 saturated carbocycles. The van der Waals surface area contributed by atoms with Crippen LogP contribution in [-0.2, 0) is 11.2 Å². The minimum Gasteiger partial charge on any atom is -0.391 e. The van der Waals surface area contributed by atoms with E-state index in [0.29, 0.717) is 5.56 Å². The number of aliphatic hydroxyl groups excluding tert-OH is 1. The lowest BCUT2D eigenvalue weighted by Gasteiger charge is -2.18. The topological polar surface area (TPSA) is 49.3 Å². The van der Waals surface area contributed by atoms with Gasteiger partial charge < -0.3 is 10.4 Å². The Morgan fingerprint density at radius 3 is 2.65 bits per heavy atom. The van der Waals surface area contributed by atoms with Crippen LogP contribution in [0, 0.1) is 17.6 Å². The molecule has 5 heteroatoms. The number of amides is 1. The van der Waals surface area contributed by atoms with Gasteiger partial charge in [0.25, 0.3) is 0 Å². The zero-order valence-electron chi connectivity index (χ0n) is 11.2. The fourth-order valence-electron chi connectivity index (χ4n) is 2.62. The second-order valence-corrected chi connectivity index (χ2v) is 5.34. The van der Waals surface area contributed by atoms with Crippen molar-refractivity contribution in [3.63, 3.8) is 0 Å². The molecule has 1 atom stereocenters. The maximum atomic E-state index is 13.0. The lowest BCUT2D eigenvalue weighted by atomic mass is 10.0. The minimum atomic E-state index is -0.957. The van der Waals surface area contributed by atoms with Gasteiger partial charge in [0, 0.05) is 6.54 Å². The van der Waals surface area contributed by atoms with E-state index >= 15 is 0 Å². The van der Waals surface area contributed by atoms with Crippen molar-refractivity contribution in [2.24, 2.45) is 5.92 Å². The van der Waals surface area contributed by atoms with Crippen LogP contribution in [0.4, 0.5) is 8.78 Å². The Hall–Kier alpha value is -1.49. The van der Waals surface area contributed by atoms with Gasteiger partial charge in [0.2, 0.25) is 5.91 Å². The molecule has 0 heterocycles. The highest BCUT2D eigenvalue weighted by atomic mass is 19.2. The maximum absolute atomic E-state index is 13.0. The number of carbonyl (C=O) groups is 1. The Balaban J connectivity index is 1.78. The molecule has 1 aliphatic carbocycles. The standard InChI is InChI=1S/C15H19F2NO2/c16-12-6-5-10(7-13(12)17)8-15(20)18-9-14(19)11-3-1-2-4-11/h5-7,11,14,19H,1-4,8-9H2,(H,18,20). The third-order valence-corrected chi connectivity index (χ3v) is 3.80. The summed E-state index contributed by atoms with van der Waals surface area (Å²) in [5.41, 5.74) is 0.414. The van der Waals surface area contributed by atoms with Crippen molar-refractivity contribution in [2.45, 2.75) is 38.2 Å². The molecule has 1 unspecified atom stereocenters. The molecular formula is C15H19F2NO2. The number of nitrogens with one attached hydrogen (secondary N) is 1. The third kappa shape index (κ3) is 4.00. The summed E-state index contributed by atoms with van der Waals surface area (Å²) in [6.45, 7) is 0.215. The molecule has 1 aliphatic rings. The van der Waals surface area contributed by atoms with Gasteiger partial charge in [-0.05, 0) is 36.5 Å². The number of carbonyl (C=O) groups excluding carboxylic acids is 1. The summed E-state index contributed by atoms with van der Waals surface area (Å²) in [5.74, 6) is -1.92. The number of halogens is 2. The highest BCUT2D eigenvalue weighted by molar-refractivity contribution is 5.78. The Morgan fingerprint density at radius 1 is 1.30 bits per heavy atom. The molecule has 0 aromatic heterocycles. The van der Waals surface area contributed by atoms with Gasteiger partial charge in [0.05, 0.1) is 12.5 Å². The van der Waals surface area contributed by atoms with E-state index in [0.717, 1.165) is 37.8 Å². The van der Waals surface area contributed by atoms with Crippen LogP contribution < -0.4 is 5.32 Å². The number of hydrogen-bond donors (Lipinski definition) is 2. The molecule has 2 N–H and O–H groups in total. The predicted molar refractivity (Wildman–Crippen MR) is 71.0 cm³/mol. The van der Waals surface area contributed by atoms with Gasteiger partial charge in [-0.25, -0.2) is 8.78 Å². The second-order valence-electron chi connectivity index (χ2n) is 5.34. The van der Waals surface area contributed by atoms with Gasteiger partial charge in [0.15, 0.2) is 11.6 Å². The Labute approximate surface area is 117 Å². The molecule has 20 heavy (non-hydrogen) atoms. The molecule has 1 fully saturated rings. The van der Waals surface area contributed by atoms with E-state index in [9.17, 15) is 18.7 Å². The van der Waals surface area contributed by atoms with Crippen molar-refractivity contribution in [3.8, 4) is 0 Å². The van der Waals surface area contributed by atoms with Gasteiger partial charge in [-0.3, -0.25) is 4.79 Å². The maximum Gasteiger partial charge on any atom is 0.224 e. The molecule has 1 aromatic carbocycles. The van der Waals surface area contributed by atoms with Crippen LogP contribution in [0.25, 0.3) is 0 Å². The quantitative estimate of drug-likeness (QED) is 0.870. The summed E-state index contributed by atoms with van der Waals surface area (Å²) >= 11 is 0. The van der Waals surface area contributed by atoms with Crippen molar-refractivity contribution in [1.29, 1.82) is 0 Å². The summed E-state index contributed by atoms with van der Waals surface area (Å²) in [6.07, 6.45) is 3.72. The molecule has 0 aliphatic heterocycles. The van der Waals surface area contributed by atoms with Gasteiger partial charge in [-0.15, -0.1) is 0 Å². The average Bonchev–Trinajstić information content (AvgIpc) is 2.94.